The van der Waals surface area contributed by atoms with Crippen LogP contribution in [-0.4, -0.2) is 12.5 Å². The minimum atomic E-state index is 0.471. The van der Waals surface area contributed by atoms with Gasteiger partial charge in [0.15, 0.2) is 0 Å². The maximum absolute atomic E-state index is 9.96. The molecule has 74 valence electrons. The molecule has 0 spiro atoms. The topological polar surface area (TPSA) is 38.7 Å². The van der Waals surface area contributed by atoms with Crippen molar-refractivity contribution in [1.29, 1.82) is 0 Å². The van der Waals surface area contributed by atoms with E-state index in [1.54, 1.807) is 6.21 Å². The zero-order valence-corrected chi connectivity index (χ0v) is 7.93. The van der Waals surface area contributed by atoms with Gasteiger partial charge in [-0.05, 0) is 12.0 Å². The van der Waals surface area contributed by atoms with Crippen LogP contribution in [0, 0.1) is 0 Å². The lowest BCUT2D eigenvalue weighted by Crippen LogP contribution is -1.86. The minimum Gasteiger partial charge on any atom is -0.391 e. The van der Waals surface area contributed by atoms with Gasteiger partial charge in [-0.25, -0.2) is 0 Å². The largest absolute Gasteiger partial charge is 0.391 e. The molecule has 0 radical (unpaired) electrons. The third-order valence-corrected chi connectivity index (χ3v) is 1.64. The van der Waals surface area contributed by atoms with Gasteiger partial charge in [-0.2, -0.15) is 0 Å². The third-order valence-electron chi connectivity index (χ3n) is 1.64. The van der Waals surface area contributed by atoms with Crippen LogP contribution >= 0.6 is 0 Å². The molecule has 1 aromatic rings. The molecular weight excluding hydrogens is 178 g/mol. The first-order chi connectivity index (χ1) is 6.93. The molecular formula is C11H13NO2. The Morgan fingerprint density at radius 1 is 1.21 bits per heavy atom. The van der Waals surface area contributed by atoms with E-state index in [2.05, 4.69) is 5.16 Å². The molecule has 0 amide bonds. The van der Waals surface area contributed by atoms with E-state index < -0.39 is 0 Å². The minimum absolute atomic E-state index is 0.471. The van der Waals surface area contributed by atoms with E-state index in [1.807, 2.05) is 30.3 Å². The Morgan fingerprint density at radius 3 is 2.71 bits per heavy atom. The van der Waals surface area contributed by atoms with Gasteiger partial charge in [-0.3, -0.25) is 0 Å². The van der Waals surface area contributed by atoms with Gasteiger partial charge in [-0.1, -0.05) is 35.5 Å². The highest BCUT2D eigenvalue weighted by atomic mass is 16.6. The third kappa shape index (κ3) is 4.40. The van der Waals surface area contributed by atoms with Crippen LogP contribution < -0.4 is 0 Å². The first kappa shape index (κ1) is 10.4. The maximum atomic E-state index is 9.96. The Hall–Kier alpha value is -1.64. The van der Waals surface area contributed by atoms with Crippen LogP contribution in [0.5, 0.6) is 0 Å². The lowest BCUT2D eigenvalue weighted by atomic mass is 10.2. The number of aldehydes is 1. The van der Waals surface area contributed by atoms with Gasteiger partial charge >= 0.3 is 0 Å². The predicted octanol–water partition coefficient (Wildman–Crippen LogP) is 2.17. The van der Waals surface area contributed by atoms with Crippen molar-refractivity contribution in [2.24, 2.45) is 5.16 Å². The Morgan fingerprint density at radius 2 is 2.00 bits per heavy atom. The van der Waals surface area contributed by atoms with Gasteiger partial charge in [0.2, 0.25) is 0 Å². The summed E-state index contributed by atoms with van der Waals surface area (Å²) in [4.78, 5) is 15.0. The molecule has 0 saturated heterocycles. The fourth-order valence-electron chi connectivity index (χ4n) is 0.934. The molecule has 0 aliphatic carbocycles. The fourth-order valence-corrected chi connectivity index (χ4v) is 0.934. The maximum Gasteiger partial charge on any atom is 0.142 e. The molecule has 3 heteroatoms. The highest BCUT2D eigenvalue weighted by Crippen LogP contribution is 2.00. The normalized spacial score (nSPS) is 10.3. The monoisotopic (exact) mass is 191 g/mol. The molecule has 3 nitrogen and oxygen atoms in total. The Labute approximate surface area is 83.4 Å². The molecule has 0 unspecified atom stereocenters. The molecule has 0 aliphatic rings. The van der Waals surface area contributed by atoms with E-state index in [-0.39, 0.29) is 0 Å². The van der Waals surface area contributed by atoms with Crippen molar-refractivity contribution in [3.05, 3.63) is 35.9 Å². The van der Waals surface area contributed by atoms with E-state index in [4.69, 9.17) is 4.84 Å². The van der Waals surface area contributed by atoms with Crippen LogP contribution in [-0.2, 0) is 16.2 Å². The SMILES string of the molecule is O=CCCC=NOCc1ccccc1. The average molecular weight is 191 g/mol. The van der Waals surface area contributed by atoms with Crippen LogP contribution in [0.4, 0.5) is 0 Å². The number of rotatable bonds is 6. The van der Waals surface area contributed by atoms with Gasteiger partial charge < -0.3 is 9.63 Å². The Balaban J connectivity index is 2.15. The Bertz CT molecular complexity index is 283. The van der Waals surface area contributed by atoms with Crippen LogP contribution in [0.1, 0.15) is 18.4 Å². The number of carbonyl (C=O) groups is 1. The highest BCUT2D eigenvalue weighted by molar-refractivity contribution is 5.62. The summed E-state index contributed by atoms with van der Waals surface area (Å²) in [5.41, 5.74) is 1.08. The van der Waals surface area contributed by atoms with E-state index in [0.717, 1.165) is 11.8 Å². The summed E-state index contributed by atoms with van der Waals surface area (Å²) in [6, 6.07) is 9.81. The summed E-state index contributed by atoms with van der Waals surface area (Å²) < 4.78 is 0. The first-order valence-electron chi connectivity index (χ1n) is 4.55. The van der Waals surface area contributed by atoms with Gasteiger partial charge in [0.1, 0.15) is 12.9 Å². The van der Waals surface area contributed by atoms with Gasteiger partial charge in [0, 0.05) is 12.6 Å². The van der Waals surface area contributed by atoms with Gasteiger partial charge in [-0.15, -0.1) is 0 Å². The average Bonchev–Trinajstić information content (AvgIpc) is 2.25. The molecule has 0 fully saturated rings. The van der Waals surface area contributed by atoms with Crippen LogP contribution in [0.25, 0.3) is 0 Å². The van der Waals surface area contributed by atoms with Crippen molar-refractivity contribution in [3.8, 4) is 0 Å². The number of hydrogen-bond acceptors (Lipinski definition) is 3. The fraction of sp³-hybridized carbons (Fsp3) is 0.273. The smallest absolute Gasteiger partial charge is 0.142 e. The van der Waals surface area contributed by atoms with E-state index in [1.165, 1.54) is 0 Å². The van der Waals surface area contributed by atoms with E-state index >= 15 is 0 Å². The lowest BCUT2D eigenvalue weighted by Gasteiger charge is -1.97. The summed E-state index contributed by atoms with van der Waals surface area (Å²) in [5, 5.41) is 3.72. The zero-order chi connectivity index (χ0) is 10.1. The summed E-state index contributed by atoms with van der Waals surface area (Å²) in [6.45, 7) is 0.471. The number of carbonyl (C=O) groups excluding carboxylic acids is 1. The summed E-state index contributed by atoms with van der Waals surface area (Å²) >= 11 is 0. The van der Waals surface area contributed by atoms with Crippen molar-refractivity contribution in [3.63, 3.8) is 0 Å². The number of hydrogen-bond donors (Lipinski definition) is 0. The van der Waals surface area contributed by atoms with Gasteiger partial charge in [0.05, 0.1) is 0 Å². The molecule has 14 heavy (non-hydrogen) atoms. The number of benzene rings is 1. The first-order valence-corrected chi connectivity index (χ1v) is 4.55. The molecule has 0 bridgehead atoms. The number of nitrogens with zero attached hydrogens (tertiary/aromatic N) is 1. The number of oxime groups is 1. The van der Waals surface area contributed by atoms with Crippen molar-refractivity contribution in [2.45, 2.75) is 19.4 Å². The summed E-state index contributed by atoms with van der Waals surface area (Å²) in [6.07, 6.45) is 3.61. The molecule has 0 aromatic heterocycles. The molecule has 1 rings (SSSR count). The number of unbranched alkanes of at least 4 members (excludes halogenated alkanes) is 1. The van der Waals surface area contributed by atoms with Crippen LogP contribution in [0.15, 0.2) is 35.5 Å². The van der Waals surface area contributed by atoms with Crippen LogP contribution in [0.3, 0.4) is 0 Å². The molecule has 0 N–H and O–H groups in total. The molecule has 0 heterocycles. The van der Waals surface area contributed by atoms with Crippen molar-refractivity contribution in [1.82, 2.24) is 0 Å². The predicted molar refractivity (Wildman–Crippen MR) is 55.0 cm³/mol. The van der Waals surface area contributed by atoms with Crippen LogP contribution in [0.2, 0.25) is 0 Å². The van der Waals surface area contributed by atoms with Gasteiger partial charge in [0.25, 0.3) is 0 Å². The molecule has 0 saturated carbocycles. The molecule has 0 aliphatic heterocycles. The second-order valence-electron chi connectivity index (χ2n) is 2.79. The van der Waals surface area contributed by atoms with E-state index in [9.17, 15) is 4.79 Å². The van der Waals surface area contributed by atoms with Crippen molar-refractivity contribution < 1.29 is 9.63 Å². The molecule has 1 aromatic carbocycles. The zero-order valence-electron chi connectivity index (χ0n) is 7.93. The van der Waals surface area contributed by atoms with E-state index in [0.29, 0.717) is 19.4 Å². The Kier molecular flexibility index (Phi) is 5.09. The van der Waals surface area contributed by atoms with Crippen molar-refractivity contribution in [2.75, 3.05) is 0 Å². The second kappa shape index (κ2) is 6.83. The summed E-state index contributed by atoms with van der Waals surface area (Å²) in [5.74, 6) is 0. The summed E-state index contributed by atoms with van der Waals surface area (Å²) in [7, 11) is 0. The highest BCUT2D eigenvalue weighted by Gasteiger charge is 1.88. The second-order valence-corrected chi connectivity index (χ2v) is 2.79. The molecule has 0 atom stereocenters. The lowest BCUT2D eigenvalue weighted by molar-refractivity contribution is -0.107. The standard InChI is InChI=1S/C11H13NO2/c13-9-5-4-8-12-14-10-11-6-2-1-3-7-11/h1-3,6-9H,4-5,10H2. The van der Waals surface area contributed by atoms with Crippen molar-refractivity contribution >= 4 is 12.5 Å². The quantitative estimate of drug-likeness (QED) is 0.299.